The molecule has 0 radical (unpaired) electrons. The first-order valence-corrected chi connectivity index (χ1v) is 2.81. The summed E-state index contributed by atoms with van der Waals surface area (Å²) in [6.45, 7) is 0.633. The van der Waals surface area contributed by atoms with E-state index in [9.17, 15) is 4.79 Å². The third-order valence-electron chi connectivity index (χ3n) is 1.03. The van der Waals surface area contributed by atoms with Crippen LogP contribution in [0.15, 0.2) is 0 Å². The predicted octanol–water partition coefficient (Wildman–Crippen LogP) is -1.42. The predicted molar refractivity (Wildman–Crippen MR) is 35.8 cm³/mol. The van der Waals surface area contributed by atoms with Crippen LogP contribution in [0.4, 0.5) is 0 Å². The third-order valence-corrected chi connectivity index (χ3v) is 1.03. The fourth-order valence-corrected chi connectivity index (χ4v) is 0.388. The first-order valence-electron chi connectivity index (χ1n) is 2.81. The summed E-state index contributed by atoms with van der Waals surface area (Å²) in [7, 11) is 3.39. The number of rotatable bonds is 3. The third kappa shape index (κ3) is 3.05. The zero-order chi connectivity index (χ0) is 7.28. The van der Waals surface area contributed by atoms with Gasteiger partial charge in [-0.25, -0.2) is 0 Å². The Balaban J connectivity index is 3.46. The number of carbonyl (C=O) groups excluding carboxylic acids is 1. The van der Waals surface area contributed by atoms with E-state index in [4.69, 9.17) is 5.73 Å². The molecule has 0 saturated carbocycles. The van der Waals surface area contributed by atoms with Gasteiger partial charge in [-0.2, -0.15) is 0 Å². The van der Waals surface area contributed by atoms with Crippen molar-refractivity contribution in [2.75, 3.05) is 27.3 Å². The minimum Gasteiger partial charge on any atom is -0.332 e. The van der Waals surface area contributed by atoms with E-state index in [-0.39, 0.29) is 12.6 Å². The molecule has 4 nitrogen and oxygen atoms in total. The molecular formula is C5H13N3O. The average molecular weight is 131 g/mol. The van der Waals surface area contributed by atoms with Gasteiger partial charge in [-0.15, -0.1) is 0 Å². The van der Waals surface area contributed by atoms with E-state index in [2.05, 4.69) is 5.32 Å². The largest absolute Gasteiger partial charge is 0.332 e. The second-order valence-electron chi connectivity index (χ2n) is 1.80. The second-order valence-corrected chi connectivity index (χ2v) is 1.80. The molecule has 0 aromatic rings. The highest BCUT2D eigenvalue weighted by atomic mass is 16.2. The lowest BCUT2D eigenvalue weighted by Gasteiger charge is -2.12. The number of hydrogen-bond donors (Lipinski definition) is 2. The standard InChI is InChI=1S/C5H13N3O/c1-7-3-5(9)8(2)4-6/h7H,3-4,6H2,1-2H3. The summed E-state index contributed by atoms with van der Waals surface area (Å²) in [5.74, 6) is 0.0139. The van der Waals surface area contributed by atoms with Crippen molar-refractivity contribution in [3.8, 4) is 0 Å². The molecule has 0 aromatic carbocycles. The van der Waals surface area contributed by atoms with E-state index in [0.29, 0.717) is 6.54 Å². The number of hydrogen-bond acceptors (Lipinski definition) is 3. The first kappa shape index (κ1) is 8.39. The summed E-state index contributed by atoms with van der Waals surface area (Å²) in [6, 6.07) is 0. The summed E-state index contributed by atoms with van der Waals surface area (Å²) in [5.41, 5.74) is 5.18. The number of carbonyl (C=O) groups is 1. The fraction of sp³-hybridized carbons (Fsp3) is 0.800. The normalized spacial score (nSPS) is 9.22. The Labute approximate surface area is 55.0 Å². The molecule has 54 valence electrons. The Morgan fingerprint density at radius 3 is 2.67 bits per heavy atom. The van der Waals surface area contributed by atoms with Crippen molar-refractivity contribution in [3.63, 3.8) is 0 Å². The Bertz CT molecular complexity index is 94.2. The molecule has 0 rings (SSSR count). The Morgan fingerprint density at radius 2 is 2.33 bits per heavy atom. The molecule has 0 aliphatic carbocycles. The van der Waals surface area contributed by atoms with Crippen molar-refractivity contribution < 1.29 is 4.79 Å². The van der Waals surface area contributed by atoms with Crippen LogP contribution >= 0.6 is 0 Å². The first-order chi connectivity index (χ1) is 4.22. The molecule has 0 aliphatic heterocycles. The van der Waals surface area contributed by atoms with Crippen LogP contribution in [0, 0.1) is 0 Å². The molecule has 0 heterocycles. The molecule has 1 amide bonds. The van der Waals surface area contributed by atoms with Crippen LogP contribution in [0.25, 0.3) is 0 Å². The number of nitrogens with two attached hydrogens (primary N) is 1. The fourth-order valence-electron chi connectivity index (χ4n) is 0.388. The molecule has 0 aliphatic rings. The summed E-state index contributed by atoms with van der Waals surface area (Å²) in [4.78, 5) is 12.2. The molecular weight excluding hydrogens is 118 g/mol. The van der Waals surface area contributed by atoms with Crippen LogP contribution in [0.3, 0.4) is 0 Å². The minimum absolute atomic E-state index is 0.0139. The lowest BCUT2D eigenvalue weighted by atomic mass is 10.5. The van der Waals surface area contributed by atoms with Gasteiger partial charge in [0.15, 0.2) is 0 Å². The van der Waals surface area contributed by atoms with Gasteiger partial charge in [-0.1, -0.05) is 0 Å². The topological polar surface area (TPSA) is 58.4 Å². The van der Waals surface area contributed by atoms with Crippen molar-refractivity contribution in [1.82, 2.24) is 10.2 Å². The van der Waals surface area contributed by atoms with Crippen molar-refractivity contribution in [2.24, 2.45) is 5.73 Å². The molecule has 0 atom stereocenters. The highest BCUT2D eigenvalue weighted by Gasteiger charge is 2.02. The molecule has 0 bridgehead atoms. The van der Waals surface area contributed by atoms with Gasteiger partial charge in [-0.3, -0.25) is 4.79 Å². The number of nitrogens with zero attached hydrogens (tertiary/aromatic N) is 1. The Hall–Kier alpha value is -0.610. The molecule has 0 saturated heterocycles. The van der Waals surface area contributed by atoms with Crippen LogP contribution in [0.1, 0.15) is 0 Å². The van der Waals surface area contributed by atoms with Crippen molar-refractivity contribution >= 4 is 5.91 Å². The highest BCUT2D eigenvalue weighted by Crippen LogP contribution is 1.76. The molecule has 0 aromatic heterocycles. The van der Waals surface area contributed by atoms with Crippen molar-refractivity contribution in [2.45, 2.75) is 0 Å². The van der Waals surface area contributed by atoms with Crippen LogP contribution in [0.2, 0.25) is 0 Å². The van der Waals surface area contributed by atoms with Crippen molar-refractivity contribution in [1.29, 1.82) is 0 Å². The lowest BCUT2D eigenvalue weighted by molar-refractivity contribution is -0.128. The number of likely N-dealkylation sites (N-methyl/N-ethyl adjacent to an activating group) is 2. The van der Waals surface area contributed by atoms with Gasteiger partial charge in [-0.05, 0) is 7.05 Å². The van der Waals surface area contributed by atoms with Gasteiger partial charge in [0, 0.05) is 7.05 Å². The van der Waals surface area contributed by atoms with Gasteiger partial charge < -0.3 is 16.0 Å². The molecule has 0 spiro atoms. The van der Waals surface area contributed by atoms with Gasteiger partial charge in [0.05, 0.1) is 13.2 Å². The van der Waals surface area contributed by atoms with E-state index in [1.54, 1.807) is 14.1 Å². The van der Waals surface area contributed by atoms with Gasteiger partial charge >= 0.3 is 0 Å². The Kier molecular flexibility index (Phi) is 4.00. The number of nitrogens with one attached hydrogen (secondary N) is 1. The zero-order valence-electron chi connectivity index (χ0n) is 5.85. The molecule has 0 fully saturated rings. The average Bonchev–Trinajstić information content (AvgIpc) is 1.87. The van der Waals surface area contributed by atoms with E-state index < -0.39 is 0 Å². The summed E-state index contributed by atoms with van der Waals surface area (Å²) >= 11 is 0. The van der Waals surface area contributed by atoms with Crippen LogP contribution in [-0.4, -0.2) is 38.1 Å². The van der Waals surface area contributed by atoms with E-state index in [1.165, 1.54) is 4.90 Å². The van der Waals surface area contributed by atoms with Gasteiger partial charge in [0.2, 0.25) is 5.91 Å². The zero-order valence-corrected chi connectivity index (χ0v) is 5.85. The molecule has 0 unspecified atom stereocenters. The quantitative estimate of drug-likeness (QED) is 0.462. The van der Waals surface area contributed by atoms with Crippen LogP contribution in [0.5, 0.6) is 0 Å². The smallest absolute Gasteiger partial charge is 0.237 e. The van der Waals surface area contributed by atoms with E-state index in [0.717, 1.165) is 0 Å². The lowest BCUT2D eigenvalue weighted by Crippen LogP contribution is -2.37. The SMILES string of the molecule is CNCC(=O)N(C)CN. The maximum absolute atomic E-state index is 10.8. The summed E-state index contributed by atoms with van der Waals surface area (Å²) in [6.07, 6.45) is 0. The maximum Gasteiger partial charge on any atom is 0.237 e. The minimum atomic E-state index is 0.0139. The van der Waals surface area contributed by atoms with Crippen molar-refractivity contribution in [3.05, 3.63) is 0 Å². The molecule has 3 N–H and O–H groups in total. The Morgan fingerprint density at radius 1 is 1.78 bits per heavy atom. The number of amides is 1. The van der Waals surface area contributed by atoms with Crippen LogP contribution < -0.4 is 11.1 Å². The summed E-state index contributed by atoms with van der Waals surface area (Å²) < 4.78 is 0. The highest BCUT2D eigenvalue weighted by molar-refractivity contribution is 5.77. The molecule has 9 heavy (non-hydrogen) atoms. The summed E-state index contributed by atoms with van der Waals surface area (Å²) in [5, 5.41) is 2.74. The molecule has 4 heteroatoms. The van der Waals surface area contributed by atoms with Gasteiger partial charge in [0.1, 0.15) is 0 Å². The van der Waals surface area contributed by atoms with Gasteiger partial charge in [0.25, 0.3) is 0 Å². The van der Waals surface area contributed by atoms with E-state index >= 15 is 0 Å². The van der Waals surface area contributed by atoms with E-state index in [1.807, 2.05) is 0 Å². The van der Waals surface area contributed by atoms with Crippen LogP contribution in [-0.2, 0) is 4.79 Å². The monoisotopic (exact) mass is 131 g/mol. The second kappa shape index (κ2) is 4.29. The maximum atomic E-state index is 10.8.